The van der Waals surface area contributed by atoms with Crippen LogP contribution in [-0.2, 0) is 11.3 Å². The third kappa shape index (κ3) is 3.97. The Bertz CT molecular complexity index is 692. The van der Waals surface area contributed by atoms with Crippen LogP contribution in [0.15, 0.2) is 28.7 Å². The van der Waals surface area contributed by atoms with E-state index in [9.17, 15) is 5.11 Å². The predicted octanol–water partition coefficient (Wildman–Crippen LogP) is 3.87. The Morgan fingerprint density at radius 2 is 2.25 bits per heavy atom. The monoisotopic (exact) mass is 331 g/mol. The van der Waals surface area contributed by atoms with Crippen molar-refractivity contribution >= 4 is 0 Å². The maximum Gasteiger partial charge on any atom is 0.226 e. The largest absolute Gasteiger partial charge is 0.497 e. The summed E-state index contributed by atoms with van der Waals surface area (Å²) in [6.45, 7) is 4.18. The lowest BCUT2D eigenvalue weighted by Crippen LogP contribution is -2.35. The molecule has 1 fully saturated rings. The van der Waals surface area contributed by atoms with Gasteiger partial charge in [-0.3, -0.25) is 0 Å². The van der Waals surface area contributed by atoms with Crippen LogP contribution in [0.2, 0.25) is 0 Å². The summed E-state index contributed by atoms with van der Waals surface area (Å²) in [7, 11) is 1.64. The molecule has 1 aliphatic carbocycles. The fraction of sp³-hybridized carbons (Fsp3) is 0.526. The first-order valence-electron chi connectivity index (χ1n) is 8.41. The quantitative estimate of drug-likeness (QED) is 0.901. The molecule has 1 N–H and O–H groups in total. The summed E-state index contributed by atoms with van der Waals surface area (Å²) in [6, 6.07) is 7.64. The number of aryl methyl sites for hydroxylation is 1. The van der Waals surface area contributed by atoms with Gasteiger partial charge in [-0.25, -0.2) is 4.98 Å². The molecule has 0 unspecified atom stereocenters. The standard InChI is InChI=1S/C19H25NO4/c1-13-17(12-23-16-8-5-9-19(2,21)11-16)20-18(24-13)14-6-4-7-15(10-14)22-3/h4,6-7,10,16,21H,5,8-9,11-12H2,1-3H3/t16-,19-/m0/s1. The molecule has 0 amide bonds. The molecule has 130 valence electrons. The summed E-state index contributed by atoms with van der Waals surface area (Å²) in [5.41, 5.74) is 1.07. The number of nitrogens with zero attached hydrogens (tertiary/aromatic N) is 1. The molecule has 2 aromatic rings. The van der Waals surface area contributed by atoms with Gasteiger partial charge in [0.05, 0.1) is 25.4 Å². The van der Waals surface area contributed by atoms with E-state index in [1.54, 1.807) is 7.11 Å². The SMILES string of the molecule is COc1cccc(-c2nc(CO[C@H]3CCC[C@](C)(O)C3)c(C)o2)c1. The average Bonchev–Trinajstić information content (AvgIpc) is 2.93. The van der Waals surface area contributed by atoms with Crippen molar-refractivity contribution in [3.8, 4) is 17.2 Å². The van der Waals surface area contributed by atoms with Crippen LogP contribution in [0.4, 0.5) is 0 Å². The third-order valence-electron chi connectivity index (χ3n) is 4.57. The van der Waals surface area contributed by atoms with E-state index >= 15 is 0 Å². The number of aliphatic hydroxyl groups is 1. The summed E-state index contributed by atoms with van der Waals surface area (Å²) in [5, 5.41) is 10.2. The van der Waals surface area contributed by atoms with Crippen LogP contribution in [0.25, 0.3) is 11.5 Å². The van der Waals surface area contributed by atoms with E-state index in [1.807, 2.05) is 38.1 Å². The normalized spacial score (nSPS) is 24.1. The zero-order valence-electron chi connectivity index (χ0n) is 14.5. The van der Waals surface area contributed by atoms with E-state index < -0.39 is 5.60 Å². The van der Waals surface area contributed by atoms with Crippen LogP contribution < -0.4 is 4.74 Å². The van der Waals surface area contributed by atoms with Crippen molar-refractivity contribution in [1.82, 2.24) is 4.98 Å². The van der Waals surface area contributed by atoms with Crippen LogP contribution in [-0.4, -0.2) is 28.9 Å². The highest BCUT2D eigenvalue weighted by molar-refractivity contribution is 5.56. The van der Waals surface area contributed by atoms with Gasteiger partial charge in [0.25, 0.3) is 0 Å². The highest BCUT2D eigenvalue weighted by Gasteiger charge is 2.30. The number of methoxy groups -OCH3 is 1. The van der Waals surface area contributed by atoms with Crippen molar-refractivity contribution < 1.29 is 19.0 Å². The number of benzene rings is 1. The van der Waals surface area contributed by atoms with Gasteiger partial charge in [-0.1, -0.05) is 6.07 Å². The Kier molecular flexibility index (Phi) is 4.92. The number of aromatic nitrogens is 1. The molecule has 0 radical (unpaired) electrons. The van der Waals surface area contributed by atoms with Crippen molar-refractivity contribution in [3.05, 3.63) is 35.7 Å². The van der Waals surface area contributed by atoms with Crippen molar-refractivity contribution in [2.45, 2.75) is 57.8 Å². The van der Waals surface area contributed by atoms with Gasteiger partial charge < -0.3 is 19.0 Å². The van der Waals surface area contributed by atoms with Crippen LogP contribution in [0.5, 0.6) is 5.75 Å². The number of ether oxygens (including phenoxy) is 2. The lowest BCUT2D eigenvalue weighted by molar-refractivity contribution is -0.0678. The Hall–Kier alpha value is -1.85. The minimum absolute atomic E-state index is 0.0742. The lowest BCUT2D eigenvalue weighted by Gasteiger charge is -2.33. The van der Waals surface area contributed by atoms with Gasteiger partial charge in [0.2, 0.25) is 5.89 Å². The first kappa shape index (κ1) is 17.0. The third-order valence-corrected chi connectivity index (χ3v) is 4.57. The van der Waals surface area contributed by atoms with Crippen molar-refractivity contribution in [1.29, 1.82) is 0 Å². The number of hydrogen-bond acceptors (Lipinski definition) is 5. The Labute approximate surface area is 142 Å². The van der Waals surface area contributed by atoms with Crippen molar-refractivity contribution in [2.75, 3.05) is 7.11 Å². The first-order chi connectivity index (χ1) is 11.5. The molecule has 0 saturated heterocycles. The van der Waals surface area contributed by atoms with Gasteiger partial charge in [0, 0.05) is 12.0 Å². The second-order valence-electron chi connectivity index (χ2n) is 6.78. The smallest absolute Gasteiger partial charge is 0.226 e. The molecule has 2 atom stereocenters. The minimum atomic E-state index is -0.618. The molecule has 0 spiro atoms. The molecule has 5 nitrogen and oxygen atoms in total. The molecular formula is C19H25NO4. The van der Waals surface area contributed by atoms with E-state index in [2.05, 4.69) is 4.98 Å². The number of hydrogen-bond donors (Lipinski definition) is 1. The van der Waals surface area contributed by atoms with Gasteiger partial charge in [-0.15, -0.1) is 0 Å². The molecule has 0 bridgehead atoms. The van der Waals surface area contributed by atoms with E-state index in [0.717, 1.165) is 42.0 Å². The molecule has 5 heteroatoms. The van der Waals surface area contributed by atoms with Gasteiger partial charge in [0.15, 0.2) is 0 Å². The van der Waals surface area contributed by atoms with Gasteiger partial charge in [0.1, 0.15) is 17.2 Å². The molecule has 1 heterocycles. The molecule has 1 aliphatic rings. The average molecular weight is 331 g/mol. The summed E-state index contributed by atoms with van der Waals surface area (Å²) in [6.07, 6.45) is 3.56. The van der Waals surface area contributed by atoms with E-state index in [4.69, 9.17) is 13.9 Å². The molecule has 3 rings (SSSR count). The van der Waals surface area contributed by atoms with Crippen LogP contribution in [0, 0.1) is 6.92 Å². The van der Waals surface area contributed by atoms with Crippen molar-refractivity contribution in [3.63, 3.8) is 0 Å². The van der Waals surface area contributed by atoms with Crippen molar-refractivity contribution in [2.24, 2.45) is 0 Å². The fourth-order valence-corrected chi connectivity index (χ4v) is 3.19. The second kappa shape index (κ2) is 6.95. The summed E-state index contributed by atoms with van der Waals surface area (Å²) >= 11 is 0. The Balaban J connectivity index is 1.68. The Morgan fingerprint density at radius 1 is 1.42 bits per heavy atom. The summed E-state index contributed by atoms with van der Waals surface area (Å²) in [5.74, 6) is 2.10. The number of oxazole rings is 1. The number of rotatable bonds is 5. The molecule has 1 aromatic carbocycles. The van der Waals surface area contributed by atoms with E-state index in [1.165, 1.54) is 0 Å². The fourth-order valence-electron chi connectivity index (χ4n) is 3.19. The van der Waals surface area contributed by atoms with Gasteiger partial charge in [-0.05, 0) is 51.3 Å². The zero-order chi connectivity index (χ0) is 17.2. The van der Waals surface area contributed by atoms with E-state index in [-0.39, 0.29) is 6.10 Å². The minimum Gasteiger partial charge on any atom is -0.497 e. The molecule has 1 saturated carbocycles. The van der Waals surface area contributed by atoms with Crippen LogP contribution >= 0.6 is 0 Å². The molecule has 0 aliphatic heterocycles. The van der Waals surface area contributed by atoms with Crippen LogP contribution in [0.3, 0.4) is 0 Å². The van der Waals surface area contributed by atoms with Crippen LogP contribution in [0.1, 0.15) is 44.1 Å². The van der Waals surface area contributed by atoms with Gasteiger partial charge in [-0.2, -0.15) is 0 Å². The molecule has 24 heavy (non-hydrogen) atoms. The van der Waals surface area contributed by atoms with E-state index in [0.29, 0.717) is 18.9 Å². The Morgan fingerprint density at radius 3 is 3.00 bits per heavy atom. The first-order valence-corrected chi connectivity index (χ1v) is 8.41. The maximum absolute atomic E-state index is 10.2. The predicted molar refractivity (Wildman–Crippen MR) is 90.9 cm³/mol. The summed E-state index contributed by atoms with van der Waals surface area (Å²) < 4.78 is 17.0. The highest BCUT2D eigenvalue weighted by atomic mass is 16.5. The highest BCUT2D eigenvalue weighted by Crippen LogP contribution is 2.31. The van der Waals surface area contributed by atoms with Gasteiger partial charge >= 0.3 is 0 Å². The zero-order valence-corrected chi connectivity index (χ0v) is 14.5. The molecule has 1 aromatic heterocycles. The summed E-state index contributed by atoms with van der Waals surface area (Å²) in [4.78, 5) is 4.57. The second-order valence-corrected chi connectivity index (χ2v) is 6.78. The maximum atomic E-state index is 10.2. The topological polar surface area (TPSA) is 64.7 Å². The lowest BCUT2D eigenvalue weighted by atomic mass is 9.85. The molecular weight excluding hydrogens is 306 g/mol.